The molecule has 0 aliphatic heterocycles. The lowest BCUT2D eigenvalue weighted by molar-refractivity contribution is -0.131. The molecule has 4 rings (SSSR count). The molecule has 0 fully saturated rings. The van der Waals surface area contributed by atoms with Crippen LogP contribution in [0.2, 0.25) is 0 Å². The smallest absolute Gasteiger partial charge is 0.222 e. The number of amides is 1. The van der Waals surface area contributed by atoms with Crippen LogP contribution in [0.15, 0.2) is 37.7 Å². The van der Waals surface area contributed by atoms with E-state index in [4.69, 9.17) is 4.74 Å². The first-order valence-corrected chi connectivity index (χ1v) is 14.2. The van der Waals surface area contributed by atoms with Gasteiger partial charge in [-0.2, -0.15) is 0 Å². The molecule has 3 aromatic rings. The highest BCUT2D eigenvalue weighted by molar-refractivity contribution is 7.19. The van der Waals surface area contributed by atoms with Crippen molar-refractivity contribution in [2.24, 2.45) is 11.8 Å². The number of hydrogen-bond donors (Lipinski definition) is 2. The Morgan fingerprint density at radius 1 is 1.31 bits per heavy atom. The molecule has 9 heteroatoms. The minimum absolute atomic E-state index is 0.00609. The summed E-state index contributed by atoms with van der Waals surface area (Å²) >= 11 is 1.69. The van der Waals surface area contributed by atoms with Crippen LogP contribution in [0.4, 0.5) is 17.2 Å². The Hall–Kier alpha value is -3.43. The number of hydrogen-bond acceptors (Lipinski definition) is 8. The second kappa shape index (κ2) is 12.6. The number of thiophene rings is 1. The van der Waals surface area contributed by atoms with E-state index < -0.39 is 0 Å². The van der Waals surface area contributed by atoms with E-state index in [2.05, 4.69) is 28.4 Å². The van der Waals surface area contributed by atoms with Crippen LogP contribution in [-0.4, -0.2) is 66.8 Å². The van der Waals surface area contributed by atoms with E-state index in [1.807, 2.05) is 44.1 Å². The zero-order valence-electron chi connectivity index (χ0n) is 23.4. The lowest BCUT2D eigenvalue weighted by Crippen LogP contribution is -2.34. The predicted molar refractivity (Wildman–Crippen MR) is 161 cm³/mol. The van der Waals surface area contributed by atoms with Crippen molar-refractivity contribution in [1.29, 1.82) is 0 Å². The molecule has 1 amide bonds. The quantitative estimate of drug-likeness (QED) is 0.297. The third-order valence-corrected chi connectivity index (χ3v) is 8.46. The van der Waals surface area contributed by atoms with Crippen molar-refractivity contribution in [1.82, 2.24) is 14.9 Å². The fraction of sp³-hybridized carbons (Fsp3) is 0.433. The van der Waals surface area contributed by atoms with Crippen LogP contribution in [0, 0.1) is 11.8 Å². The summed E-state index contributed by atoms with van der Waals surface area (Å²) in [4.78, 5) is 28.1. The number of benzene rings is 1. The maximum absolute atomic E-state index is 12.9. The van der Waals surface area contributed by atoms with E-state index in [1.165, 1.54) is 10.4 Å². The molecular weight excluding hydrogens is 510 g/mol. The zero-order chi connectivity index (χ0) is 28.1. The number of aryl methyl sites for hydroxylation is 1. The maximum Gasteiger partial charge on any atom is 0.222 e. The number of aliphatic hydroxyl groups is 1. The van der Waals surface area contributed by atoms with Gasteiger partial charge < -0.3 is 25.0 Å². The van der Waals surface area contributed by atoms with Gasteiger partial charge in [-0.1, -0.05) is 18.7 Å². The summed E-state index contributed by atoms with van der Waals surface area (Å²) in [5.41, 5.74) is 4.14. The minimum atomic E-state index is -0.103. The third kappa shape index (κ3) is 6.25. The van der Waals surface area contributed by atoms with Gasteiger partial charge in [0.2, 0.25) is 5.91 Å². The molecule has 2 N–H and O–H groups in total. The van der Waals surface area contributed by atoms with E-state index in [-0.39, 0.29) is 24.3 Å². The first-order chi connectivity index (χ1) is 18.8. The van der Waals surface area contributed by atoms with Gasteiger partial charge in [-0.3, -0.25) is 4.79 Å². The zero-order valence-corrected chi connectivity index (χ0v) is 24.2. The highest BCUT2D eigenvalue weighted by atomic mass is 32.1. The Morgan fingerprint density at radius 2 is 2.10 bits per heavy atom. The molecule has 8 nitrogen and oxygen atoms in total. The normalized spacial score (nSPS) is 15.4. The van der Waals surface area contributed by atoms with Crippen LogP contribution >= 0.6 is 11.3 Å². The number of carbonyl (C=O) groups excluding carboxylic acids is 1. The molecule has 2 unspecified atom stereocenters. The number of aromatic nitrogens is 2. The molecule has 0 spiro atoms. The van der Waals surface area contributed by atoms with Gasteiger partial charge in [-0.05, 0) is 49.3 Å². The van der Waals surface area contributed by atoms with Gasteiger partial charge in [0.15, 0.2) is 0 Å². The Morgan fingerprint density at radius 3 is 2.77 bits per heavy atom. The first kappa shape index (κ1) is 28.6. The monoisotopic (exact) mass is 549 g/mol. The molecule has 0 bridgehead atoms. The summed E-state index contributed by atoms with van der Waals surface area (Å²) < 4.78 is 5.99. The molecule has 2 atom stereocenters. The summed E-state index contributed by atoms with van der Waals surface area (Å²) in [5, 5.41) is 14.0. The van der Waals surface area contributed by atoms with Crippen LogP contribution < -0.4 is 15.0 Å². The highest BCUT2D eigenvalue weighted by Gasteiger charge is 2.28. The van der Waals surface area contributed by atoms with Crippen molar-refractivity contribution in [3.05, 3.63) is 53.7 Å². The molecule has 208 valence electrons. The van der Waals surface area contributed by atoms with Gasteiger partial charge in [0.25, 0.3) is 0 Å². The van der Waals surface area contributed by atoms with Crippen LogP contribution in [0.1, 0.15) is 35.8 Å². The molecular formula is C30H39N5O3S. The summed E-state index contributed by atoms with van der Waals surface area (Å²) in [6.45, 7) is 10.7. The van der Waals surface area contributed by atoms with Crippen molar-refractivity contribution in [3.8, 4) is 5.75 Å². The van der Waals surface area contributed by atoms with Crippen molar-refractivity contribution in [2.75, 3.05) is 51.1 Å². The predicted octanol–water partition coefficient (Wildman–Crippen LogP) is 5.29. The molecule has 0 saturated carbocycles. The number of ether oxygens (including phenoxy) is 1. The van der Waals surface area contributed by atoms with Gasteiger partial charge in [-0.25, -0.2) is 9.97 Å². The first-order valence-electron chi connectivity index (χ1n) is 13.4. The standard InChI is InChI=1S/C30H39N5O3S/c1-7-19(17-36)16-35(6)27(37)13-20-10-11-22-26(12-20)39-30-28(22)29(31-18-32-30)33-23-14-21(8-2)24(34(4)5)15-25(23)38-9-3/h7-8,14-15,18-20,36H,1-2,9-13,16-17H2,3-6H3,(H,31,32,33). The van der Waals surface area contributed by atoms with Gasteiger partial charge >= 0.3 is 0 Å². The molecule has 39 heavy (non-hydrogen) atoms. The molecule has 1 aliphatic carbocycles. The second-order valence-electron chi connectivity index (χ2n) is 10.2. The highest BCUT2D eigenvalue weighted by Crippen LogP contribution is 2.42. The number of fused-ring (bicyclic) bond motifs is 3. The van der Waals surface area contributed by atoms with Gasteiger partial charge in [-0.15, -0.1) is 17.9 Å². The number of carbonyl (C=O) groups is 1. The van der Waals surface area contributed by atoms with Crippen LogP contribution in [-0.2, 0) is 17.6 Å². The fourth-order valence-corrected chi connectivity index (χ4v) is 6.45. The average Bonchev–Trinajstić information content (AvgIpc) is 3.30. The Labute approximate surface area is 235 Å². The molecule has 0 saturated heterocycles. The maximum atomic E-state index is 12.9. The number of nitrogens with one attached hydrogen (secondary N) is 1. The number of anilines is 3. The number of rotatable bonds is 12. The van der Waals surface area contributed by atoms with E-state index in [0.29, 0.717) is 19.6 Å². The SMILES string of the molecule is C=Cc1cc(Nc2ncnc3sc4c(c23)CCC(CC(=O)N(C)CC(C=C)CO)C4)c(OCC)cc1N(C)C. The largest absolute Gasteiger partial charge is 0.492 e. The Bertz CT molecular complexity index is 1350. The van der Waals surface area contributed by atoms with E-state index >= 15 is 0 Å². The molecule has 0 radical (unpaired) electrons. The van der Waals surface area contributed by atoms with Gasteiger partial charge in [0.1, 0.15) is 22.7 Å². The topological polar surface area (TPSA) is 90.8 Å². The number of aliphatic hydroxyl groups excluding tert-OH is 1. The molecule has 2 aromatic heterocycles. The Kier molecular flexibility index (Phi) is 9.24. The summed E-state index contributed by atoms with van der Waals surface area (Å²) in [7, 11) is 5.81. The van der Waals surface area contributed by atoms with Crippen LogP contribution in [0.25, 0.3) is 16.3 Å². The van der Waals surface area contributed by atoms with E-state index in [1.54, 1.807) is 35.7 Å². The van der Waals surface area contributed by atoms with Crippen molar-refractivity contribution >= 4 is 50.7 Å². The minimum Gasteiger partial charge on any atom is -0.492 e. The molecule has 1 aliphatic rings. The lowest BCUT2D eigenvalue weighted by atomic mass is 9.85. The summed E-state index contributed by atoms with van der Waals surface area (Å²) in [6.07, 6.45) is 8.30. The van der Waals surface area contributed by atoms with Gasteiger partial charge in [0, 0.05) is 56.7 Å². The van der Waals surface area contributed by atoms with E-state index in [9.17, 15) is 9.90 Å². The second-order valence-corrected chi connectivity index (χ2v) is 11.3. The van der Waals surface area contributed by atoms with Crippen molar-refractivity contribution < 1.29 is 14.6 Å². The van der Waals surface area contributed by atoms with Crippen LogP contribution in [0.5, 0.6) is 5.75 Å². The average molecular weight is 550 g/mol. The number of nitrogens with zero attached hydrogens (tertiary/aromatic N) is 4. The summed E-state index contributed by atoms with van der Waals surface area (Å²) in [6, 6.07) is 4.08. The fourth-order valence-electron chi connectivity index (χ4n) is 5.15. The van der Waals surface area contributed by atoms with Crippen molar-refractivity contribution in [3.63, 3.8) is 0 Å². The third-order valence-electron chi connectivity index (χ3n) is 7.30. The Balaban J connectivity index is 1.58. The summed E-state index contributed by atoms with van der Waals surface area (Å²) in [5.74, 6) is 1.80. The molecule has 1 aromatic carbocycles. The van der Waals surface area contributed by atoms with E-state index in [0.717, 1.165) is 58.0 Å². The lowest BCUT2D eigenvalue weighted by Gasteiger charge is -2.26. The van der Waals surface area contributed by atoms with Crippen molar-refractivity contribution in [2.45, 2.75) is 32.6 Å². The van der Waals surface area contributed by atoms with Gasteiger partial charge in [0.05, 0.1) is 24.3 Å². The molecule has 2 heterocycles. The van der Waals surface area contributed by atoms with Crippen LogP contribution in [0.3, 0.4) is 0 Å².